The van der Waals surface area contributed by atoms with Gasteiger partial charge in [0.15, 0.2) is 0 Å². The van der Waals surface area contributed by atoms with Gasteiger partial charge in [0.25, 0.3) is 0 Å². The summed E-state index contributed by atoms with van der Waals surface area (Å²) >= 11 is 3.58. The molecule has 0 bridgehead atoms. The Labute approximate surface area is 111 Å². The largest absolute Gasteiger partial charge is 0.374 e. The van der Waals surface area contributed by atoms with Crippen LogP contribution in [0.1, 0.15) is 31.2 Å². The first-order chi connectivity index (χ1) is 7.94. The minimum absolute atomic E-state index is 0.0103. The molecule has 1 aliphatic rings. The maximum atomic E-state index is 6.31. The minimum atomic E-state index is -0.183. The van der Waals surface area contributed by atoms with E-state index in [9.17, 15) is 0 Å². The van der Waals surface area contributed by atoms with Crippen molar-refractivity contribution in [2.45, 2.75) is 44.8 Å². The second-order valence-electron chi connectivity index (χ2n) is 5.04. The lowest BCUT2D eigenvalue weighted by Crippen LogP contribution is -2.46. The summed E-state index contributed by atoms with van der Waals surface area (Å²) in [6.07, 6.45) is 2.94. The Hall–Kier alpha value is -0.390. The first-order valence-electron chi connectivity index (χ1n) is 6.01. The number of aromatic nitrogens is 2. The van der Waals surface area contributed by atoms with Gasteiger partial charge in [-0.3, -0.25) is 4.68 Å². The third-order valence-corrected chi connectivity index (χ3v) is 4.74. The molecule has 4 nitrogen and oxygen atoms in total. The van der Waals surface area contributed by atoms with Crippen LogP contribution in [0.15, 0.2) is 4.47 Å². The lowest BCUT2D eigenvalue weighted by molar-refractivity contribution is -0.00134. The Morgan fingerprint density at radius 3 is 2.82 bits per heavy atom. The number of nitrogens with two attached hydrogens (primary N) is 1. The normalized spacial score (nSPS) is 26.4. The van der Waals surface area contributed by atoms with E-state index in [2.05, 4.69) is 28.0 Å². The maximum Gasteiger partial charge on any atom is 0.0809 e. The number of hydrogen-bond donors (Lipinski definition) is 1. The summed E-state index contributed by atoms with van der Waals surface area (Å²) in [5.41, 5.74) is 8.27. The summed E-state index contributed by atoms with van der Waals surface area (Å²) in [7, 11) is 1.96. The van der Waals surface area contributed by atoms with Crippen molar-refractivity contribution in [1.82, 2.24) is 9.78 Å². The van der Waals surface area contributed by atoms with Crippen LogP contribution in [0, 0.1) is 6.92 Å². The fourth-order valence-electron chi connectivity index (χ4n) is 2.42. The van der Waals surface area contributed by atoms with Gasteiger partial charge in [0.1, 0.15) is 0 Å². The first-order valence-corrected chi connectivity index (χ1v) is 6.81. The molecule has 0 amide bonds. The van der Waals surface area contributed by atoms with Crippen molar-refractivity contribution < 1.29 is 4.74 Å². The summed E-state index contributed by atoms with van der Waals surface area (Å²) in [5, 5.41) is 4.39. The summed E-state index contributed by atoms with van der Waals surface area (Å²) in [6.45, 7) is 4.93. The second kappa shape index (κ2) is 4.71. The lowest BCUT2D eigenvalue weighted by atomic mass is 9.90. The van der Waals surface area contributed by atoms with Gasteiger partial charge in [-0.15, -0.1) is 0 Å². The molecule has 0 aliphatic carbocycles. The molecule has 0 spiro atoms. The fourth-order valence-corrected chi connectivity index (χ4v) is 2.92. The summed E-state index contributed by atoms with van der Waals surface area (Å²) < 4.78 is 8.76. The quantitative estimate of drug-likeness (QED) is 0.928. The third-order valence-electron chi connectivity index (χ3n) is 3.71. The molecule has 1 aromatic rings. The van der Waals surface area contributed by atoms with Gasteiger partial charge in [-0.1, -0.05) is 0 Å². The topological polar surface area (TPSA) is 53.1 Å². The first kappa shape index (κ1) is 13.1. The van der Waals surface area contributed by atoms with Gasteiger partial charge in [-0.05, 0) is 42.6 Å². The molecule has 1 aliphatic heterocycles. The van der Waals surface area contributed by atoms with Crippen molar-refractivity contribution in [2.24, 2.45) is 12.8 Å². The average Bonchev–Trinajstić information content (AvgIpc) is 2.80. The van der Waals surface area contributed by atoms with Crippen molar-refractivity contribution in [2.75, 3.05) is 6.61 Å². The standard InChI is InChI=1S/C12H20BrN3O/c1-8-11(13)9(16(3)15-8)7-10(14)12(2)5-4-6-17-12/h10H,4-7,14H2,1-3H3. The Morgan fingerprint density at radius 1 is 1.65 bits per heavy atom. The van der Waals surface area contributed by atoms with Crippen LogP contribution < -0.4 is 5.73 Å². The summed E-state index contributed by atoms with van der Waals surface area (Å²) in [4.78, 5) is 0. The number of ether oxygens (including phenoxy) is 1. The predicted molar refractivity (Wildman–Crippen MR) is 70.9 cm³/mol. The molecule has 2 rings (SSSR count). The van der Waals surface area contributed by atoms with Crippen LogP contribution >= 0.6 is 15.9 Å². The van der Waals surface area contributed by atoms with Gasteiger partial charge in [-0.25, -0.2) is 0 Å². The van der Waals surface area contributed by atoms with Gasteiger partial charge in [0, 0.05) is 26.1 Å². The minimum Gasteiger partial charge on any atom is -0.374 e. The van der Waals surface area contributed by atoms with Crippen LogP contribution in [-0.4, -0.2) is 28.0 Å². The molecule has 2 unspecified atom stereocenters. The number of rotatable bonds is 3. The van der Waals surface area contributed by atoms with E-state index in [1.54, 1.807) is 0 Å². The van der Waals surface area contributed by atoms with Crippen molar-refractivity contribution in [3.63, 3.8) is 0 Å². The predicted octanol–water partition coefficient (Wildman–Crippen LogP) is 1.93. The molecule has 0 saturated carbocycles. The van der Waals surface area contributed by atoms with Gasteiger partial charge in [-0.2, -0.15) is 5.10 Å². The Morgan fingerprint density at radius 2 is 2.35 bits per heavy atom. The van der Waals surface area contributed by atoms with Crippen molar-refractivity contribution >= 4 is 15.9 Å². The van der Waals surface area contributed by atoms with E-state index >= 15 is 0 Å². The third kappa shape index (κ3) is 2.41. The number of nitrogens with zero attached hydrogens (tertiary/aromatic N) is 2. The van der Waals surface area contributed by atoms with E-state index in [-0.39, 0.29) is 11.6 Å². The fraction of sp³-hybridized carbons (Fsp3) is 0.750. The number of hydrogen-bond acceptors (Lipinski definition) is 3. The zero-order valence-electron chi connectivity index (χ0n) is 10.7. The molecule has 2 heterocycles. The lowest BCUT2D eigenvalue weighted by Gasteiger charge is -2.30. The van der Waals surface area contributed by atoms with Crippen molar-refractivity contribution in [3.05, 3.63) is 15.9 Å². The molecule has 1 aromatic heterocycles. The Kier molecular flexibility index (Phi) is 3.61. The summed E-state index contributed by atoms with van der Waals surface area (Å²) in [6, 6.07) is 0.0103. The van der Waals surface area contributed by atoms with Gasteiger partial charge in [0.2, 0.25) is 0 Å². The number of halogens is 1. The highest BCUT2D eigenvalue weighted by Gasteiger charge is 2.37. The second-order valence-corrected chi connectivity index (χ2v) is 5.84. The van der Waals surface area contributed by atoms with Crippen molar-refractivity contribution in [3.8, 4) is 0 Å². The van der Waals surface area contributed by atoms with Crippen molar-refractivity contribution in [1.29, 1.82) is 0 Å². The van der Waals surface area contributed by atoms with Gasteiger partial charge in [0.05, 0.1) is 21.5 Å². The maximum absolute atomic E-state index is 6.31. The van der Waals surface area contributed by atoms with Crippen LogP contribution in [0.4, 0.5) is 0 Å². The van der Waals surface area contributed by atoms with E-state index in [1.165, 1.54) is 0 Å². The Balaban J connectivity index is 2.15. The zero-order valence-corrected chi connectivity index (χ0v) is 12.2. The van der Waals surface area contributed by atoms with Crippen LogP contribution in [0.2, 0.25) is 0 Å². The SMILES string of the molecule is Cc1nn(C)c(CC(N)C2(C)CCCO2)c1Br. The summed E-state index contributed by atoms with van der Waals surface area (Å²) in [5.74, 6) is 0. The molecule has 0 aromatic carbocycles. The molecule has 17 heavy (non-hydrogen) atoms. The molecule has 2 N–H and O–H groups in total. The highest BCUT2D eigenvalue weighted by molar-refractivity contribution is 9.10. The van der Waals surface area contributed by atoms with E-state index in [1.807, 2.05) is 18.7 Å². The van der Waals surface area contributed by atoms with E-state index < -0.39 is 0 Å². The Bertz CT molecular complexity index is 410. The average molecular weight is 302 g/mol. The molecule has 1 fully saturated rings. The van der Waals surface area contributed by atoms with Crippen LogP contribution in [0.25, 0.3) is 0 Å². The molecule has 2 atom stereocenters. The highest BCUT2D eigenvalue weighted by atomic mass is 79.9. The van der Waals surface area contributed by atoms with E-state index in [4.69, 9.17) is 10.5 Å². The monoisotopic (exact) mass is 301 g/mol. The van der Waals surface area contributed by atoms with Crippen LogP contribution in [0.3, 0.4) is 0 Å². The molecule has 96 valence electrons. The van der Waals surface area contributed by atoms with Crippen LogP contribution in [0.5, 0.6) is 0 Å². The molecular weight excluding hydrogens is 282 g/mol. The smallest absolute Gasteiger partial charge is 0.0809 e. The highest BCUT2D eigenvalue weighted by Crippen LogP contribution is 2.31. The molecule has 0 radical (unpaired) electrons. The van der Waals surface area contributed by atoms with E-state index in [0.717, 1.165) is 41.7 Å². The molecule has 5 heteroatoms. The van der Waals surface area contributed by atoms with Gasteiger partial charge >= 0.3 is 0 Å². The number of aryl methyl sites for hydroxylation is 2. The van der Waals surface area contributed by atoms with Gasteiger partial charge < -0.3 is 10.5 Å². The molecule has 1 saturated heterocycles. The zero-order chi connectivity index (χ0) is 12.6. The van der Waals surface area contributed by atoms with Crippen LogP contribution in [-0.2, 0) is 18.2 Å². The van der Waals surface area contributed by atoms with E-state index in [0.29, 0.717) is 0 Å². The molecular formula is C12H20BrN3O.